The molecule has 0 radical (unpaired) electrons. The molecule has 50 valence electrons. The van der Waals surface area contributed by atoms with Crippen molar-refractivity contribution < 1.29 is 26.9 Å². The van der Waals surface area contributed by atoms with E-state index in [0.29, 0.717) is 0 Å². The summed E-state index contributed by atoms with van der Waals surface area (Å²) in [4.78, 5) is 14.8. The minimum atomic E-state index is -6.43. The van der Waals surface area contributed by atoms with Crippen LogP contribution in [0.25, 0.3) is 0 Å². The van der Waals surface area contributed by atoms with Crippen molar-refractivity contribution in [3.63, 3.8) is 0 Å². The summed E-state index contributed by atoms with van der Waals surface area (Å²) in [6, 6.07) is 0. The van der Waals surface area contributed by atoms with Gasteiger partial charge in [-0.1, -0.05) is 0 Å². The third-order valence-electron chi connectivity index (χ3n) is 0.295. The van der Waals surface area contributed by atoms with E-state index in [0.717, 1.165) is 0 Å². The van der Waals surface area contributed by atoms with Gasteiger partial charge < -0.3 is 0 Å². The SMILES string of the molecule is O=P(O)(O)[P+](F)(F)F. The van der Waals surface area contributed by atoms with Gasteiger partial charge in [0, 0.05) is 12.6 Å². The van der Waals surface area contributed by atoms with Crippen molar-refractivity contribution in [3.8, 4) is 0 Å². The lowest BCUT2D eigenvalue weighted by Crippen LogP contribution is -1.71. The summed E-state index contributed by atoms with van der Waals surface area (Å²) in [5.41, 5.74) is 0. The van der Waals surface area contributed by atoms with Crippen LogP contribution in [-0.4, -0.2) is 9.79 Å². The Labute approximate surface area is 43.3 Å². The molecule has 3 nitrogen and oxygen atoms in total. The standard InChI is InChI=1S/F3HO3P2/c1-7(2,3)8(4,5)6/h(H-,4,5,6)/p+1. The zero-order chi connectivity index (χ0) is 7.00. The van der Waals surface area contributed by atoms with Crippen molar-refractivity contribution in [1.29, 1.82) is 0 Å². The molecule has 0 rings (SSSR count). The third-order valence-corrected chi connectivity index (χ3v) is 2.66. The lowest BCUT2D eigenvalue weighted by molar-refractivity contribution is 0.380. The van der Waals surface area contributed by atoms with E-state index in [1.54, 1.807) is 0 Å². The van der Waals surface area contributed by atoms with Gasteiger partial charge >= 0.3 is 15.2 Å². The molecular formula is H2F3O3P2+. The first-order chi connectivity index (χ1) is 3.25. The molecule has 0 bridgehead atoms. The molecular weight excluding hydrogens is 167 g/mol. The fourth-order valence-corrected chi connectivity index (χ4v) is 0. The molecule has 0 aliphatic heterocycles. The Bertz CT molecular complexity index is 119. The van der Waals surface area contributed by atoms with Crippen LogP contribution in [0.3, 0.4) is 0 Å². The molecule has 8 heavy (non-hydrogen) atoms. The molecule has 0 aromatic heterocycles. The van der Waals surface area contributed by atoms with Crippen molar-refractivity contribution in [2.75, 3.05) is 0 Å². The number of halogens is 3. The van der Waals surface area contributed by atoms with E-state index in [-0.39, 0.29) is 0 Å². The fourth-order valence-electron chi connectivity index (χ4n) is 0. The van der Waals surface area contributed by atoms with Gasteiger partial charge in [-0.15, -0.1) is 0 Å². The second-order valence-electron chi connectivity index (χ2n) is 0.932. The molecule has 0 aromatic carbocycles. The second kappa shape index (κ2) is 1.95. The van der Waals surface area contributed by atoms with E-state index >= 15 is 0 Å². The Balaban J connectivity index is 4.26. The average molecular weight is 169 g/mol. The van der Waals surface area contributed by atoms with Gasteiger partial charge in [0.25, 0.3) is 0 Å². The average Bonchev–Trinajstić information content (AvgIpc) is 1.25. The predicted octanol–water partition coefficient (Wildman–Crippen LogP) is 1.75. The summed E-state index contributed by atoms with van der Waals surface area (Å²) >= 11 is 0. The Morgan fingerprint density at radius 2 is 1.38 bits per heavy atom. The molecule has 0 aliphatic rings. The third kappa shape index (κ3) is 2.09. The molecule has 0 spiro atoms. The van der Waals surface area contributed by atoms with Gasteiger partial charge in [-0.2, -0.15) is 0 Å². The van der Waals surface area contributed by atoms with Crippen molar-refractivity contribution in [3.05, 3.63) is 0 Å². The van der Waals surface area contributed by atoms with Crippen molar-refractivity contribution in [1.82, 2.24) is 0 Å². The monoisotopic (exact) mass is 169 g/mol. The van der Waals surface area contributed by atoms with Crippen LogP contribution in [0.2, 0.25) is 0 Å². The molecule has 0 aromatic rings. The largest absolute Gasteiger partial charge is 0.670 e. The summed E-state index contributed by atoms with van der Waals surface area (Å²) in [6.07, 6.45) is 0. The van der Waals surface area contributed by atoms with E-state index in [1.807, 2.05) is 0 Å². The predicted molar refractivity (Wildman–Crippen MR) is 22.3 cm³/mol. The minimum Gasteiger partial charge on any atom is -0.288 e. The quantitative estimate of drug-likeness (QED) is 0.587. The Morgan fingerprint density at radius 1 is 1.25 bits per heavy atom. The molecule has 0 saturated heterocycles. The molecule has 8 heteroatoms. The zero-order valence-electron chi connectivity index (χ0n) is 3.33. The highest BCUT2D eigenvalue weighted by Gasteiger charge is 2.65. The van der Waals surface area contributed by atoms with Crippen LogP contribution < -0.4 is 0 Å². The van der Waals surface area contributed by atoms with Gasteiger partial charge in [0.1, 0.15) is 0 Å². The normalized spacial score (nSPS) is 14.1. The molecule has 0 heterocycles. The van der Waals surface area contributed by atoms with Crippen molar-refractivity contribution in [2.45, 2.75) is 0 Å². The lowest BCUT2D eigenvalue weighted by atomic mass is 15.8. The molecule has 0 amide bonds. The number of hydrogen-bond acceptors (Lipinski definition) is 1. The molecule has 0 fully saturated rings. The number of rotatable bonds is 1. The van der Waals surface area contributed by atoms with Crippen LogP contribution in [0.4, 0.5) is 12.6 Å². The van der Waals surface area contributed by atoms with Gasteiger partial charge in [0.15, 0.2) is 0 Å². The molecule has 0 aliphatic carbocycles. The van der Waals surface area contributed by atoms with Gasteiger partial charge in [-0.25, -0.2) is 4.57 Å². The van der Waals surface area contributed by atoms with Gasteiger partial charge in [-0.3, -0.25) is 9.79 Å². The van der Waals surface area contributed by atoms with Gasteiger partial charge in [0.2, 0.25) is 0 Å². The lowest BCUT2D eigenvalue weighted by Gasteiger charge is -1.91. The van der Waals surface area contributed by atoms with Crippen LogP contribution in [-0.2, 0) is 4.57 Å². The highest BCUT2D eigenvalue weighted by Crippen LogP contribution is 2.89. The molecule has 0 atom stereocenters. The van der Waals surface area contributed by atoms with Crippen LogP contribution >= 0.6 is 15.2 Å². The number of hydrogen-bond donors (Lipinski definition) is 2. The first kappa shape index (κ1) is 8.37. The maximum Gasteiger partial charge on any atom is 0.670 e. The maximum absolute atomic E-state index is 10.9. The van der Waals surface area contributed by atoms with Gasteiger partial charge in [-0.05, 0) is 0 Å². The van der Waals surface area contributed by atoms with E-state index in [1.165, 1.54) is 0 Å². The van der Waals surface area contributed by atoms with E-state index in [9.17, 15) is 17.2 Å². The van der Waals surface area contributed by atoms with Crippen LogP contribution in [0.1, 0.15) is 0 Å². The topological polar surface area (TPSA) is 57.5 Å². The summed E-state index contributed by atoms with van der Waals surface area (Å²) in [6.45, 7) is 0. The summed E-state index contributed by atoms with van der Waals surface area (Å²) in [7, 11) is -12.2. The second-order valence-corrected chi connectivity index (χ2v) is 5.72. The van der Waals surface area contributed by atoms with Crippen molar-refractivity contribution >= 4 is 15.2 Å². The maximum atomic E-state index is 10.9. The summed E-state index contributed by atoms with van der Waals surface area (Å²) in [5.74, 6) is 0. The van der Waals surface area contributed by atoms with Crippen LogP contribution in [0, 0.1) is 0 Å². The highest BCUT2D eigenvalue weighted by atomic mass is 32.2. The van der Waals surface area contributed by atoms with E-state index in [4.69, 9.17) is 9.79 Å². The summed E-state index contributed by atoms with van der Waals surface area (Å²) < 4.78 is 42.0. The van der Waals surface area contributed by atoms with Crippen LogP contribution in [0.5, 0.6) is 0 Å². The Kier molecular flexibility index (Phi) is 2.04. The molecule has 2 N–H and O–H groups in total. The van der Waals surface area contributed by atoms with Crippen molar-refractivity contribution in [2.24, 2.45) is 0 Å². The fraction of sp³-hybridized carbons (Fsp3) is 0. The molecule has 0 saturated carbocycles. The molecule has 0 unspecified atom stereocenters. The summed E-state index contributed by atoms with van der Waals surface area (Å²) in [5, 5.41) is 0. The first-order valence-corrected chi connectivity index (χ1v) is 5.07. The first-order valence-electron chi connectivity index (χ1n) is 1.29. The van der Waals surface area contributed by atoms with Crippen LogP contribution in [0.15, 0.2) is 0 Å². The zero-order valence-corrected chi connectivity index (χ0v) is 5.12. The van der Waals surface area contributed by atoms with Gasteiger partial charge in [0.05, 0.1) is 0 Å². The van der Waals surface area contributed by atoms with E-state index < -0.39 is 15.2 Å². The Hall–Kier alpha value is 0.370. The van der Waals surface area contributed by atoms with E-state index in [2.05, 4.69) is 0 Å². The highest BCUT2D eigenvalue weighted by molar-refractivity contribution is 8.30. The Morgan fingerprint density at radius 3 is 1.38 bits per heavy atom. The minimum absolute atomic E-state index is 5.74. The smallest absolute Gasteiger partial charge is 0.288 e.